The highest BCUT2D eigenvalue weighted by Gasteiger charge is 2.26. The Morgan fingerprint density at radius 3 is 2.52 bits per heavy atom. The standard InChI is InChI=1S/C17H12BrNO4/c1-23-15-7-9(13(18)8-14(15)20)6-12-10-4-2-3-5-11(10)16(21)19-17(12)22/h2-8,20H,1H3,(H,19,21,22)/b12-6+. The molecule has 0 bridgehead atoms. The third-order valence-electron chi connectivity index (χ3n) is 3.53. The molecule has 6 heteroatoms. The number of phenols is 1. The highest BCUT2D eigenvalue weighted by molar-refractivity contribution is 9.10. The molecule has 0 saturated heterocycles. The Kier molecular flexibility index (Phi) is 3.92. The van der Waals surface area contributed by atoms with Crippen LogP contribution in [-0.2, 0) is 4.79 Å². The van der Waals surface area contributed by atoms with Gasteiger partial charge in [-0.2, -0.15) is 0 Å². The summed E-state index contributed by atoms with van der Waals surface area (Å²) in [7, 11) is 1.45. The molecular weight excluding hydrogens is 362 g/mol. The van der Waals surface area contributed by atoms with E-state index in [1.807, 2.05) is 0 Å². The molecule has 0 atom stereocenters. The van der Waals surface area contributed by atoms with Gasteiger partial charge in [0.1, 0.15) is 0 Å². The zero-order valence-electron chi connectivity index (χ0n) is 12.1. The van der Waals surface area contributed by atoms with Crippen molar-refractivity contribution in [1.29, 1.82) is 0 Å². The Morgan fingerprint density at radius 2 is 1.83 bits per heavy atom. The molecule has 0 saturated carbocycles. The lowest BCUT2D eigenvalue weighted by molar-refractivity contribution is -0.114. The maximum atomic E-state index is 12.2. The van der Waals surface area contributed by atoms with Crippen LogP contribution in [0.1, 0.15) is 21.5 Å². The van der Waals surface area contributed by atoms with Crippen LogP contribution < -0.4 is 10.1 Å². The SMILES string of the molecule is COc1cc(/C=C2/C(=O)NC(=O)c3ccccc32)c(Br)cc1O. The first-order valence-electron chi connectivity index (χ1n) is 6.74. The molecular formula is C17H12BrNO4. The molecule has 2 aromatic rings. The molecule has 5 nitrogen and oxygen atoms in total. The number of hydrogen-bond acceptors (Lipinski definition) is 4. The van der Waals surface area contributed by atoms with Gasteiger partial charge >= 0.3 is 0 Å². The molecule has 23 heavy (non-hydrogen) atoms. The van der Waals surface area contributed by atoms with E-state index in [2.05, 4.69) is 21.2 Å². The number of ether oxygens (including phenoxy) is 1. The van der Waals surface area contributed by atoms with Crippen LogP contribution in [0.3, 0.4) is 0 Å². The highest BCUT2D eigenvalue weighted by Crippen LogP contribution is 2.35. The number of aromatic hydroxyl groups is 1. The molecule has 2 amide bonds. The van der Waals surface area contributed by atoms with Crippen molar-refractivity contribution < 1.29 is 19.4 Å². The number of halogens is 1. The summed E-state index contributed by atoms with van der Waals surface area (Å²) < 4.78 is 5.69. The van der Waals surface area contributed by atoms with E-state index >= 15 is 0 Å². The summed E-state index contributed by atoms with van der Waals surface area (Å²) in [5, 5.41) is 12.1. The Balaban J connectivity index is 2.18. The fraction of sp³-hybridized carbons (Fsp3) is 0.0588. The fourth-order valence-electron chi connectivity index (χ4n) is 2.41. The number of phenolic OH excluding ortho intramolecular Hbond substituents is 1. The van der Waals surface area contributed by atoms with E-state index in [0.717, 1.165) is 0 Å². The van der Waals surface area contributed by atoms with Crippen LogP contribution in [0.4, 0.5) is 0 Å². The minimum absolute atomic E-state index is 0.00908. The molecule has 0 radical (unpaired) electrons. The average molecular weight is 374 g/mol. The monoisotopic (exact) mass is 373 g/mol. The number of carbonyl (C=O) groups excluding carboxylic acids is 2. The fourth-order valence-corrected chi connectivity index (χ4v) is 2.85. The van der Waals surface area contributed by atoms with Crippen molar-refractivity contribution in [2.24, 2.45) is 0 Å². The number of nitrogens with one attached hydrogen (secondary N) is 1. The van der Waals surface area contributed by atoms with Gasteiger partial charge in [0.2, 0.25) is 0 Å². The van der Waals surface area contributed by atoms with Gasteiger partial charge in [0.25, 0.3) is 11.8 Å². The van der Waals surface area contributed by atoms with E-state index in [4.69, 9.17) is 4.74 Å². The molecule has 0 fully saturated rings. The molecule has 3 rings (SSSR count). The van der Waals surface area contributed by atoms with E-state index in [1.165, 1.54) is 13.2 Å². The number of methoxy groups -OCH3 is 1. The van der Waals surface area contributed by atoms with E-state index in [1.54, 1.807) is 36.4 Å². The maximum absolute atomic E-state index is 12.2. The molecule has 0 spiro atoms. The van der Waals surface area contributed by atoms with Gasteiger partial charge in [-0.05, 0) is 35.4 Å². The summed E-state index contributed by atoms with van der Waals surface area (Å²) in [5.74, 6) is -0.594. The van der Waals surface area contributed by atoms with Crippen molar-refractivity contribution in [2.75, 3.05) is 7.11 Å². The third-order valence-corrected chi connectivity index (χ3v) is 4.22. The molecule has 1 heterocycles. The molecule has 0 aliphatic carbocycles. The van der Waals surface area contributed by atoms with Crippen LogP contribution in [0.25, 0.3) is 11.6 Å². The summed E-state index contributed by atoms with van der Waals surface area (Å²) in [6.07, 6.45) is 1.65. The lowest BCUT2D eigenvalue weighted by Crippen LogP contribution is -2.36. The average Bonchev–Trinajstić information content (AvgIpc) is 2.53. The lowest BCUT2D eigenvalue weighted by atomic mass is 9.93. The summed E-state index contributed by atoms with van der Waals surface area (Å²) in [4.78, 5) is 24.1. The quantitative estimate of drug-likeness (QED) is 0.626. The van der Waals surface area contributed by atoms with Crippen molar-refractivity contribution in [1.82, 2.24) is 5.32 Å². The van der Waals surface area contributed by atoms with Gasteiger partial charge in [0.05, 0.1) is 7.11 Å². The Morgan fingerprint density at radius 1 is 1.13 bits per heavy atom. The zero-order chi connectivity index (χ0) is 16.6. The van der Waals surface area contributed by atoms with Gasteiger partial charge in [0, 0.05) is 15.6 Å². The lowest BCUT2D eigenvalue weighted by Gasteiger charge is -2.18. The Labute approximate surface area is 140 Å². The second kappa shape index (κ2) is 5.89. The van der Waals surface area contributed by atoms with Crippen LogP contribution in [0, 0.1) is 0 Å². The van der Waals surface area contributed by atoms with Crippen molar-refractivity contribution in [2.45, 2.75) is 0 Å². The smallest absolute Gasteiger partial charge is 0.258 e. The van der Waals surface area contributed by atoms with Crippen molar-refractivity contribution in [3.63, 3.8) is 0 Å². The molecule has 0 unspecified atom stereocenters. The summed E-state index contributed by atoms with van der Waals surface area (Å²) in [6.45, 7) is 0. The maximum Gasteiger partial charge on any atom is 0.258 e. The molecule has 116 valence electrons. The van der Waals surface area contributed by atoms with Crippen LogP contribution in [0.15, 0.2) is 40.9 Å². The number of hydrogen-bond donors (Lipinski definition) is 2. The topological polar surface area (TPSA) is 75.6 Å². The summed E-state index contributed by atoms with van der Waals surface area (Å²) in [5.41, 5.74) is 2.03. The van der Waals surface area contributed by atoms with Crippen molar-refractivity contribution in [3.05, 3.63) is 57.6 Å². The number of rotatable bonds is 2. The molecule has 2 N–H and O–H groups in total. The molecule has 1 aliphatic heterocycles. The molecule has 2 aromatic carbocycles. The van der Waals surface area contributed by atoms with Gasteiger partial charge in [-0.1, -0.05) is 34.1 Å². The van der Waals surface area contributed by atoms with Crippen LogP contribution in [0.2, 0.25) is 0 Å². The molecule has 0 aromatic heterocycles. The Bertz CT molecular complexity index is 858. The van der Waals surface area contributed by atoms with Gasteiger partial charge in [-0.25, -0.2) is 0 Å². The zero-order valence-corrected chi connectivity index (χ0v) is 13.7. The van der Waals surface area contributed by atoms with E-state index in [9.17, 15) is 14.7 Å². The highest BCUT2D eigenvalue weighted by atomic mass is 79.9. The van der Waals surface area contributed by atoms with Gasteiger partial charge in [-0.3, -0.25) is 14.9 Å². The third kappa shape index (κ3) is 2.73. The van der Waals surface area contributed by atoms with Crippen LogP contribution in [-0.4, -0.2) is 24.0 Å². The minimum atomic E-state index is -0.465. The first-order chi connectivity index (χ1) is 11.0. The Hall–Kier alpha value is -2.60. The van der Waals surface area contributed by atoms with E-state index < -0.39 is 11.8 Å². The predicted octanol–water partition coefficient (Wildman–Crippen LogP) is 2.97. The predicted molar refractivity (Wildman–Crippen MR) is 89.1 cm³/mol. The minimum Gasteiger partial charge on any atom is -0.504 e. The van der Waals surface area contributed by atoms with Crippen LogP contribution in [0.5, 0.6) is 11.5 Å². The number of amides is 2. The van der Waals surface area contributed by atoms with E-state index in [-0.39, 0.29) is 5.75 Å². The van der Waals surface area contributed by atoms with Gasteiger partial charge < -0.3 is 9.84 Å². The summed E-state index contributed by atoms with van der Waals surface area (Å²) in [6, 6.07) is 10.00. The second-order valence-electron chi connectivity index (χ2n) is 4.93. The number of benzene rings is 2. The first kappa shape index (κ1) is 15.3. The van der Waals surface area contributed by atoms with E-state index in [0.29, 0.717) is 32.5 Å². The van der Waals surface area contributed by atoms with Crippen molar-refractivity contribution in [3.8, 4) is 11.5 Å². The number of fused-ring (bicyclic) bond motifs is 1. The number of carbonyl (C=O) groups is 2. The first-order valence-corrected chi connectivity index (χ1v) is 7.54. The van der Waals surface area contributed by atoms with Gasteiger partial charge in [-0.15, -0.1) is 0 Å². The second-order valence-corrected chi connectivity index (χ2v) is 5.79. The largest absolute Gasteiger partial charge is 0.504 e. The normalized spacial score (nSPS) is 15.3. The van der Waals surface area contributed by atoms with Crippen LogP contribution >= 0.6 is 15.9 Å². The van der Waals surface area contributed by atoms with Crippen molar-refractivity contribution >= 4 is 39.4 Å². The van der Waals surface area contributed by atoms with Gasteiger partial charge in [0.15, 0.2) is 11.5 Å². The molecule has 1 aliphatic rings. The number of imide groups is 1. The summed E-state index contributed by atoms with van der Waals surface area (Å²) >= 11 is 3.35.